The van der Waals surface area contributed by atoms with Gasteiger partial charge in [0.05, 0.1) is 29.5 Å². The van der Waals surface area contributed by atoms with Crippen molar-refractivity contribution >= 4 is 11.6 Å². The maximum Gasteiger partial charge on any atom is 0.0834 e. The molecule has 0 saturated carbocycles. The van der Waals surface area contributed by atoms with Crippen LogP contribution in [-0.4, -0.2) is 49.0 Å². The van der Waals surface area contributed by atoms with E-state index in [9.17, 15) is 0 Å². The number of hydrogen-bond acceptors (Lipinski definition) is 5. The zero-order chi connectivity index (χ0) is 14.3. The normalized spacial score (nSPS) is 13.2. The average Bonchev–Trinajstić information content (AvgIpc) is 2.74. The minimum atomic E-state index is -0.00712. The van der Waals surface area contributed by atoms with E-state index in [4.69, 9.17) is 22.2 Å². The van der Waals surface area contributed by atoms with Gasteiger partial charge in [0.1, 0.15) is 0 Å². The molecular formula is C12H24ClN5O. The van der Waals surface area contributed by atoms with Crippen LogP contribution in [0.3, 0.4) is 0 Å². The second-order valence-electron chi connectivity index (χ2n) is 4.76. The molecule has 1 aromatic rings. The third kappa shape index (κ3) is 5.08. The predicted molar refractivity (Wildman–Crippen MR) is 77.0 cm³/mol. The second-order valence-corrected chi connectivity index (χ2v) is 5.17. The van der Waals surface area contributed by atoms with E-state index in [1.807, 2.05) is 18.8 Å². The number of halogens is 1. The van der Waals surface area contributed by atoms with Crippen LogP contribution >= 0.6 is 11.6 Å². The quantitative estimate of drug-likeness (QED) is 0.404. The lowest BCUT2D eigenvalue weighted by atomic mass is 10.1. The number of nitrogens with two attached hydrogens (primary N) is 1. The van der Waals surface area contributed by atoms with Gasteiger partial charge in [0.25, 0.3) is 0 Å². The van der Waals surface area contributed by atoms with Crippen LogP contribution in [-0.2, 0) is 11.3 Å². The summed E-state index contributed by atoms with van der Waals surface area (Å²) in [7, 11) is 5.75. The van der Waals surface area contributed by atoms with Crippen molar-refractivity contribution in [2.24, 2.45) is 5.84 Å². The van der Waals surface area contributed by atoms with E-state index >= 15 is 0 Å². The number of ether oxygens (including phenoxy) is 1. The largest absolute Gasteiger partial charge is 0.385 e. The van der Waals surface area contributed by atoms with E-state index < -0.39 is 0 Å². The molecule has 1 rings (SSSR count). The van der Waals surface area contributed by atoms with Crippen molar-refractivity contribution < 1.29 is 4.74 Å². The molecule has 1 aromatic heterocycles. The number of hydrogen-bond donors (Lipinski definition) is 2. The zero-order valence-corrected chi connectivity index (χ0v) is 12.7. The first-order valence-corrected chi connectivity index (χ1v) is 6.79. The van der Waals surface area contributed by atoms with Crippen molar-refractivity contribution in [3.05, 3.63) is 16.9 Å². The summed E-state index contributed by atoms with van der Waals surface area (Å²) >= 11 is 6.22. The fourth-order valence-electron chi connectivity index (χ4n) is 1.92. The van der Waals surface area contributed by atoms with Gasteiger partial charge < -0.3 is 9.64 Å². The highest BCUT2D eigenvalue weighted by atomic mass is 35.5. The van der Waals surface area contributed by atoms with E-state index in [2.05, 4.69) is 15.4 Å². The molecule has 0 saturated heterocycles. The highest BCUT2D eigenvalue weighted by molar-refractivity contribution is 6.31. The third-order valence-corrected chi connectivity index (χ3v) is 3.26. The van der Waals surface area contributed by atoms with Crippen LogP contribution in [0, 0.1) is 0 Å². The van der Waals surface area contributed by atoms with Gasteiger partial charge in [-0.3, -0.25) is 16.0 Å². The summed E-state index contributed by atoms with van der Waals surface area (Å²) in [6.45, 7) is 2.40. The lowest BCUT2D eigenvalue weighted by Crippen LogP contribution is -2.31. The zero-order valence-electron chi connectivity index (χ0n) is 11.9. The Morgan fingerprint density at radius 1 is 1.58 bits per heavy atom. The van der Waals surface area contributed by atoms with Crippen LogP contribution in [0.1, 0.15) is 24.6 Å². The van der Waals surface area contributed by atoms with Crippen molar-refractivity contribution in [1.29, 1.82) is 0 Å². The Bertz CT molecular complexity index is 369. The van der Waals surface area contributed by atoms with Gasteiger partial charge in [-0.1, -0.05) is 11.6 Å². The molecule has 6 nitrogen and oxygen atoms in total. The van der Waals surface area contributed by atoms with Gasteiger partial charge in [0.2, 0.25) is 0 Å². The molecule has 0 spiro atoms. The number of nitrogens with one attached hydrogen (secondary N) is 1. The first-order valence-electron chi connectivity index (χ1n) is 6.41. The molecule has 19 heavy (non-hydrogen) atoms. The molecular weight excluding hydrogens is 266 g/mol. The molecule has 0 aliphatic rings. The Kier molecular flexibility index (Phi) is 7.33. The maximum absolute atomic E-state index is 6.22. The average molecular weight is 290 g/mol. The van der Waals surface area contributed by atoms with E-state index in [0.29, 0.717) is 11.6 Å². The molecule has 0 fully saturated rings. The summed E-state index contributed by atoms with van der Waals surface area (Å²) in [5, 5.41) is 4.97. The van der Waals surface area contributed by atoms with Crippen molar-refractivity contribution in [1.82, 2.24) is 20.1 Å². The fourth-order valence-corrected chi connectivity index (χ4v) is 2.19. The van der Waals surface area contributed by atoms with Crippen molar-refractivity contribution in [3.8, 4) is 0 Å². The minimum Gasteiger partial charge on any atom is -0.385 e. The van der Waals surface area contributed by atoms with E-state index in [0.717, 1.165) is 31.6 Å². The number of methoxy groups -OCH3 is 1. The molecule has 0 aliphatic heterocycles. The van der Waals surface area contributed by atoms with E-state index in [1.54, 1.807) is 13.3 Å². The Morgan fingerprint density at radius 2 is 2.32 bits per heavy atom. The van der Waals surface area contributed by atoms with Gasteiger partial charge in [0.15, 0.2) is 0 Å². The molecule has 7 heteroatoms. The number of aromatic nitrogens is 2. The van der Waals surface area contributed by atoms with Gasteiger partial charge in [-0.05, 0) is 26.9 Å². The van der Waals surface area contributed by atoms with Gasteiger partial charge in [0, 0.05) is 20.3 Å². The molecule has 3 N–H and O–H groups in total. The Labute approximate surface area is 119 Å². The van der Waals surface area contributed by atoms with Gasteiger partial charge in [-0.15, -0.1) is 0 Å². The van der Waals surface area contributed by atoms with Crippen LogP contribution in [0.2, 0.25) is 5.02 Å². The maximum atomic E-state index is 6.22. The molecule has 0 aromatic carbocycles. The monoisotopic (exact) mass is 289 g/mol. The standard InChI is InChI=1S/C12H24ClN5O/c1-17(2)6-7-18-12(10(13)9-15-18)11(16-14)5-4-8-19-3/h9,11,16H,4-8,14H2,1-3H3. The summed E-state index contributed by atoms with van der Waals surface area (Å²) in [5.74, 6) is 5.64. The van der Waals surface area contributed by atoms with Crippen LogP contribution in [0.4, 0.5) is 0 Å². The number of rotatable bonds is 9. The van der Waals surface area contributed by atoms with E-state index in [1.165, 1.54) is 0 Å². The van der Waals surface area contributed by atoms with Crippen LogP contribution in [0.15, 0.2) is 6.20 Å². The van der Waals surface area contributed by atoms with Gasteiger partial charge >= 0.3 is 0 Å². The van der Waals surface area contributed by atoms with Crippen molar-refractivity contribution in [2.45, 2.75) is 25.4 Å². The summed E-state index contributed by atoms with van der Waals surface area (Å²) in [6.07, 6.45) is 3.45. The SMILES string of the molecule is COCCCC(NN)c1c(Cl)cnn1CCN(C)C. The summed E-state index contributed by atoms with van der Waals surface area (Å²) in [6, 6.07) is -0.00712. The minimum absolute atomic E-state index is 0.00712. The van der Waals surface area contributed by atoms with Crippen LogP contribution in [0.25, 0.3) is 0 Å². The molecule has 1 atom stereocenters. The molecule has 1 unspecified atom stereocenters. The van der Waals surface area contributed by atoms with Crippen molar-refractivity contribution in [3.63, 3.8) is 0 Å². The molecule has 0 bridgehead atoms. The highest BCUT2D eigenvalue weighted by Crippen LogP contribution is 2.25. The summed E-state index contributed by atoms with van der Waals surface area (Å²) < 4.78 is 6.98. The smallest absolute Gasteiger partial charge is 0.0834 e. The molecule has 0 aliphatic carbocycles. The fraction of sp³-hybridized carbons (Fsp3) is 0.750. The van der Waals surface area contributed by atoms with Crippen LogP contribution < -0.4 is 11.3 Å². The topological polar surface area (TPSA) is 68.3 Å². The Balaban J connectivity index is 2.74. The summed E-state index contributed by atoms with van der Waals surface area (Å²) in [4.78, 5) is 2.11. The molecule has 0 amide bonds. The van der Waals surface area contributed by atoms with Gasteiger partial charge in [-0.2, -0.15) is 5.10 Å². The lowest BCUT2D eigenvalue weighted by molar-refractivity contribution is 0.188. The molecule has 110 valence electrons. The van der Waals surface area contributed by atoms with Crippen molar-refractivity contribution in [2.75, 3.05) is 34.4 Å². The first kappa shape index (κ1) is 16.4. The number of nitrogens with zero attached hydrogens (tertiary/aromatic N) is 3. The summed E-state index contributed by atoms with van der Waals surface area (Å²) in [5.41, 5.74) is 3.76. The predicted octanol–water partition coefficient (Wildman–Crippen LogP) is 1.03. The third-order valence-electron chi connectivity index (χ3n) is 2.96. The highest BCUT2D eigenvalue weighted by Gasteiger charge is 2.19. The van der Waals surface area contributed by atoms with Gasteiger partial charge in [-0.25, -0.2) is 0 Å². The number of hydrazine groups is 1. The molecule has 1 heterocycles. The lowest BCUT2D eigenvalue weighted by Gasteiger charge is -2.19. The first-order chi connectivity index (χ1) is 9.10. The second kappa shape index (κ2) is 8.50. The molecule has 0 radical (unpaired) electrons. The van der Waals surface area contributed by atoms with Crippen LogP contribution in [0.5, 0.6) is 0 Å². The number of likely N-dealkylation sites (N-methyl/N-ethyl adjacent to an activating group) is 1. The Morgan fingerprint density at radius 3 is 2.89 bits per heavy atom. The van der Waals surface area contributed by atoms with E-state index in [-0.39, 0.29) is 6.04 Å². The Hall–Kier alpha value is -0.660.